The molecule has 3 aromatic rings. The molecule has 7 heteroatoms. The van der Waals surface area contributed by atoms with Crippen molar-refractivity contribution >= 4 is 27.5 Å². The molecule has 154 valence electrons. The smallest absolute Gasteiger partial charge is 0.339 e. The van der Waals surface area contributed by atoms with Gasteiger partial charge in [0, 0.05) is 16.8 Å². The van der Waals surface area contributed by atoms with E-state index in [0.29, 0.717) is 22.4 Å². The zero-order valence-corrected chi connectivity index (χ0v) is 17.6. The highest BCUT2D eigenvalue weighted by atomic mass is 32.2. The molecule has 0 atom stereocenters. The summed E-state index contributed by atoms with van der Waals surface area (Å²) in [6.07, 6.45) is 0. The van der Waals surface area contributed by atoms with Gasteiger partial charge in [-0.1, -0.05) is 12.1 Å². The first-order valence-corrected chi connectivity index (χ1v) is 10.6. The largest absolute Gasteiger partial charge is 0.379 e. The van der Waals surface area contributed by atoms with Gasteiger partial charge in [0.15, 0.2) is 5.78 Å². The van der Waals surface area contributed by atoms with Crippen LogP contribution in [0.1, 0.15) is 38.8 Å². The molecular weight excluding hydrogens is 402 g/mol. The van der Waals surface area contributed by atoms with Crippen LogP contribution in [0.25, 0.3) is 0 Å². The van der Waals surface area contributed by atoms with Crippen molar-refractivity contribution in [3.63, 3.8) is 0 Å². The van der Waals surface area contributed by atoms with E-state index in [0.717, 1.165) is 5.56 Å². The summed E-state index contributed by atoms with van der Waals surface area (Å²) in [5.74, 6) is -0.313. The van der Waals surface area contributed by atoms with E-state index in [4.69, 9.17) is 4.18 Å². The number of nitrogens with one attached hydrogen (secondary N) is 1. The first-order chi connectivity index (χ1) is 14.2. The predicted molar refractivity (Wildman–Crippen MR) is 115 cm³/mol. The molecule has 0 aliphatic rings. The van der Waals surface area contributed by atoms with Crippen LogP contribution in [-0.2, 0) is 10.1 Å². The number of carbonyl (C=O) groups is 2. The molecule has 0 heterocycles. The number of aryl methyl sites for hydroxylation is 2. The van der Waals surface area contributed by atoms with Crippen LogP contribution >= 0.6 is 0 Å². The van der Waals surface area contributed by atoms with Crippen LogP contribution in [0.5, 0.6) is 5.75 Å². The summed E-state index contributed by atoms with van der Waals surface area (Å²) in [6, 6.07) is 17.5. The van der Waals surface area contributed by atoms with Crippen LogP contribution in [0.2, 0.25) is 0 Å². The molecule has 1 amide bonds. The van der Waals surface area contributed by atoms with Gasteiger partial charge in [0.1, 0.15) is 10.6 Å². The van der Waals surface area contributed by atoms with Gasteiger partial charge in [-0.15, -0.1) is 0 Å². The lowest BCUT2D eigenvalue weighted by atomic mass is 10.1. The minimum absolute atomic E-state index is 0.0562. The summed E-state index contributed by atoms with van der Waals surface area (Å²) in [4.78, 5) is 23.8. The van der Waals surface area contributed by atoms with E-state index in [9.17, 15) is 18.0 Å². The number of amides is 1. The van der Waals surface area contributed by atoms with Crippen LogP contribution in [-0.4, -0.2) is 20.1 Å². The average Bonchev–Trinajstić information content (AvgIpc) is 2.70. The van der Waals surface area contributed by atoms with Crippen LogP contribution in [0, 0.1) is 13.8 Å². The van der Waals surface area contributed by atoms with Gasteiger partial charge in [0.05, 0.1) is 0 Å². The second-order valence-corrected chi connectivity index (χ2v) is 8.43. The minimum Gasteiger partial charge on any atom is -0.379 e. The first kappa shape index (κ1) is 21.3. The van der Waals surface area contributed by atoms with Gasteiger partial charge in [-0.3, -0.25) is 9.59 Å². The van der Waals surface area contributed by atoms with Crippen molar-refractivity contribution in [2.45, 2.75) is 25.7 Å². The molecule has 0 saturated carbocycles. The van der Waals surface area contributed by atoms with Crippen LogP contribution < -0.4 is 9.50 Å². The molecule has 0 spiro atoms. The third-order valence-corrected chi connectivity index (χ3v) is 5.88. The Balaban J connectivity index is 1.72. The Labute approximate surface area is 175 Å². The lowest BCUT2D eigenvalue weighted by molar-refractivity contribution is 0.101. The monoisotopic (exact) mass is 423 g/mol. The van der Waals surface area contributed by atoms with E-state index in [1.54, 1.807) is 50.2 Å². The summed E-state index contributed by atoms with van der Waals surface area (Å²) >= 11 is 0. The Kier molecular flexibility index (Phi) is 6.03. The Hall–Kier alpha value is -3.45. The molecule has 0 fully saturated rings. The van der Waals surface area contributed by atoms with E-state index in [2.05, 4.69) is 5.32 Å². The third kappa shape index (κ3) is 4.93. The molecule has 0 unspecified atom stereocenters. The second-order valence-electron chi connectivity index (χ2n) is 6.92. The fourth-order valence-corrected chi connectivity index (χ4v) is 4.05. The second kappa shape index (κ2) is 8.51. The number of hydrogen-bond donors (Lipinski definition) is 1. The Bertz CT molecular complexity index is 1200. The van der Waals surface area contributed by atoms with E-state index < -0.39 is 10.1 Å². The van der Waals surface area contributed by atoms with Crippen LogP contribution in [0.4, 0.5) is 5.69 Å². The Morgan fingerprint density at radius 3 is 2.03 bits per heavy atom. The SMILES string of the molecule is CC(=O)c1ccc(NC(=O)c2ccc(OS(=O)(=O)c3cc(C)ccc3C)cc2)cc1. The van der Waals surface area contributed by atoms with Crippen molar-refractivity contribution < 1.29 is 22.2 Å². The maximum atomic E-state index is 12.6. The number of rotatable bonds is 6. The summed E-state index contributed by atoms with van der Waals surface area (Å²) in [6.45, 7) is 4.98. The highest BCUT2D eigenvalue weighted by molar-refractivity contribution is 7.87. The molecule has 1 N–H and O–H groups in total. The van der Waals surface area contributed by atoms with Crippen molar-refractivity contribution in [3.05, 3.63) is 89.0 Å². The fourth-order valence-electron chi connectivity index (χ4n) is 2.80. The van der Waals surface area contributed by atoms with Gasteiger partial charge in [0.2, 0.25) is 0 Å². The van der Waals surface area contributed by atoms with E-state index in [1.165, 1.54) is 31.2 Å². The molecular formula is C23H21NO5S. The van der Waals surface area contributed by atoms with Gasteiger partial charge in [0.25, 0.3) is 5.91 Å². The highest BCUT2D eigenvalue weighted by Gasteiger charge is 2.19. The zero-order valence-electron chi connectivity index (χ0n) is 16.8. The topological polar surface area (TPSA) is 89.5 Å². The van der Waals surface area contributed by atoms with Crippen LogP contribution in [0.3, 0.4) is 0 Å². The third-order valence-electron chi connectivity index (χ3n) is 4.48. The lowest BCUT2D eigenvalue weighted by Crippen LogP contribution is -2.13. The Morgan fingerprint density at radius 1 is 0.833 bits per heavy atom. The number of ketones is 1. The summed E-state index contributed by atoms with van der Waals surface area (Å²) in [5.41, 5.74) is 2.84. The molecule has 0 radical (unpaired) electrons. The molecule has 0 bridgehead atoms. The molecule has 3 aromatic carbocycles. The molecule has 6 nitrogen and oxygen atoms in total. The molecule has 0 aliphatic carbocycles. The van der Waals surface area contributed by atoms with Crippen LogP contribution in [0.15, 0.2) is 71.6 Å². The lowest BCUT2D eigenvalue weighted by Gasteiger charge is -2.11. The summed E-state index contributed by atoms with van der Waals surface area (Å²) < 4.78 is 30.4. The van der Waals surface area contributed by atoms with Crippen molar-refractivity contribution in [1.29, 1.82) is 0 Å². The van der Waals surface area contributed by atoms with Crippen molar-refractivity contribution in [2.24, 2.45) is 0 Å². The van der Waals surface area contributed by atoms with Gasteiger partial charge in [-0.05, 0) is 86.5 Å². The standard InChI is InChI=1S/C23H21NO5S/c1-15-4-5-16(2)22(14-15)30(27,28)29-21-12-8-19(9-13-21)23(26)24-20-10-6-18(7-11-20)17(3)25/h4-14H,1-3H3,(H,24,26). The average molecular weight is 423 g/mol. The van der Waals surface area contributed by atoms with Gasteiger partial charge >= 0.3 is 10.1 Å². The van der Waals surface area contributed by atoms with Gasteiger partial charge in [-0.2, -0.15) is 8.42 Å². The maximum absolute atomic E-state index is 12.6. The molecule has 3 rings (SSSR count). The Morgan fingerprint density at radius 2 is 1.43 bits per heavy atom. The number of carbonyl (C=O) groups excluding carboxylic acids is 2. The molecule has 0 saturated heterocycles. The van der Waals surface area contributed by atoms with Crippen molar-refractivity contribution in [1.82, 2.24) is 0 Å². The summed E-state index contributed by atoms with van der Waals surface area (Å²) in [7, 11) is -3.99. The quantitative estimate of drug-likeness (QED) is 0.465. The van der Waals surface area contributed by atoms with E-state index in [-0.39, 0.29) is 22.3 Å². The molecule has 0 aromatic heterocycles. The van der Waals surface area contributed by atoms with E-state index >= 15 is 0 Å². The molecule has 30 heavy (non-hydrogen) atoms. The predicted octanol–water partition coefficient (Wildman–Crippen LogP) is 4.53. The summed E-state index contributed by atoms with van der Waals surface area (Å²) in [5, 5.41) is 2.72. The minimum atomic E-state index is -3.99. The maximum Gasteiger partial charge on any atom is 0.339 e. The number of hydrogen-bond acceptors (Lipinski definition) is 5. The first-order valence-electron chi connectivity index (χ1n) is 9.20. The van der Waals surface area contributed by atoms with Crippen molar-refractivity contribution in [2.75, 3.05) is 5.32 Å². The zero-order chi connectivity index (χ0) is 21.9. The number of anilines is 1. The fraction of sp³-hybridized carbons (Fsp3) is 0.130. The highest BCUT2D eigenvalue weighted by Crippen LogP contribution is 2.23. The van der Waals surface area contributed by atoms with E-state index in [1.807, 2.05) is 6.07 Å². The van der Waals surface area contributed by atoms with Gasteiger partial charge < -0.3 is 9.50 Å². The van der Waals surface area contributed by atoms with Gasteiger partial charge in [-0.25, -0.2) is 0 Å². The van der Waals surface area contributed by atoms with Crippen molar-refractivity contribution in [3.8, 4) is 5.75 Å². The number of benzene rings is 3. The normalized spacial score (nSPS) is 11.0. The molecule has 0 aliphatic heterocycles. The number of Topliss-reactive ketones (excluding diaryl/α,β-unsaturated/α-hetero) is 1.